The molecule has 0 aliphatic carbocycles. The van der Waals surface area contributed by atoms with Crippen LogP contribution in [0, 0.1) is 0 Å². The first-order valence-electron chi connectivity index (χ1n) is 4.81. The molecule has 88 valence electrons. The van der Waals surface area contributed by atoms with E-state index in [1.807, 2.05) is 13.0 Å². The van der Waals surface area contributed by atoms with Gasteiger partial charge in [-0.25, -0.2) is 4.79 Å². The van der Waals surface area contributed by atoms with E-state index in [1.165, 1.54) is 11.3 Å². The van der Waals surface area contributed by atoms with Crippen molar-refractivity contribution in [3.05, 3.63) is 21.9 Å². The summed E-state index contributed by atoms with van der Waals surface area (Å²) in [4.78, 5) is 22.5. The van der Waals surface area contributed by atoms with E-state index in [0.29, 0.717) is 4.88 Å². The quantitative estimate of drug-likeness (QED) is 0.702. The van der Waals surface area contributed by atoms with E-state index < -0.39 is 12.1 Å². The number of thiophene rings is 1. The molecule has 6 heteroatoms. The highest BCUT2D eigenvalue weighted by molar-refractivity contribution is 7.12. The molecule has 1 aromatic heterocycles. The fourth-order valence-corrected chi connectivity index (χ4v) is 2.08. The zero-order valence-corrected chi connectivity index (χ0v) is 9.58. The lowest BCUT2D eigenvalue weighted by Gasteiger charge is -2.07. The SMILES string of the molecule is CCc1ccsc1C(=O)NCC(O)C(=O)O. The minimum absolute atomic E-state index is 0.283. The fraction of sp³-hybridized carbons (Fsp3) is 0.400. The molecule has 1 amide bonds. The van der Waals surface area contributed by atoms with Crippen molar-refractivity contribution in [2.45, 2.75) is 19.4 Å². The van der Waals surface area contributed by atoms with Crippen LogP contribution in [0.3, 0.4) is 0 Å². The molecule has 0 saturated carbocycles. The van der Waals surface area contributed by atoms with Gasteiger partial charge < -0.3 is 15.5 Å². The monoisotopic (exact) mass is 243 g/mol. The molecule has 1 unspecified atom stereocenters. The van der Waals surface area contributed by atoms with Gasteiger partial charge in [0.1, 0.15) is 0 Å². The van der Waals surface area contributed by atoms with E-state index in [4.69, 9.17) is 10.2 Å². The third-order valence-corrected chi connectivity index (χ3v) is 3.03. The fourth-order valence-electron chi connectivity index (χ4n) is 1.17. The topological polar surface area (TPSA) is 86.6 Å². The van der Waals surface area contributed by atoms with Crippen LogP contribution in [0.4, 0.5) is 0 Å². The van der Waals surface area contributed by atoms with Crippen molar-refractivity contribution >= 4 is 23.2 Å². The number of carbonyl (C=O) groups is 2. The molecule has 3 N–H and O–H groups in total. The Bertz CT molecular complexity index is 388. The van der Waals surface area contributed by atoms with Gasteiger partial charge in [0.05, 0.1) is 11.4 Å². The van der Waals surface area contributed by atoms with E-state index in [-0.39, 0.29) is 12.5 Å². The Kier molecular flexibility index (Phi) is 4.45. The summed E-state index contributed by atoms with van der Waals surface area (Å²) in [6, 6.07) is 1.85. The molecular weight excluding hydrogens is 230 g/mol. The molecule has 0 aliphatic rings. The van der Waals surface area contributed by atoms with E-state index in [1.54, 1.807) is 5.38 Å². The van der Waals surface area contributed by atoms with Crippen molar-refractivity contribution in [1.29, 1.82) is 0 Å². The second-order valence-electron chi connectivity index (χ2n) is 3.19. The maximum absolute atomic E-state index is 11.6. The van der Waals surface area contributed by atoms with E-state index in [9.17, 15) is 9.59 Å². The first-order valence-corrected chi connectivity index (χ1v) is 5.69. The molecule has 1 atom stereocenters. The number of aliphatic hydroxyl groups is 1. The Morgan fingerprint density at radius 2 is 2.25 bits per heavy atom. The number of carboxylic acids is 1. The standard InChI is InChI=1S/C10H13NO4S/c1-2-6-3-4-16-8(6)9(13)11-5-7(12)10(14)15/h3-4,7,12H,2,5H2,1H3,(H,11,13)(H,14,15). The average Bonchev–Trinajstić information content (AvgIpc) is 2.73. The van der Waals surface area contributed by atoms with Crippen LogP contribution in [0.5, 0.6) is 0 Å². The summed E-state index contributed by atoms with van der Waals surface area (Å²) in [5, 5.41) is 21.6. The van der Waals surface area contributed by atoms with Gasteiger partial charge in [-0.1, -0.05) is 6.92 Å². The Morgan fingerprint density at radius 3 is 2.81 bits per heavy atom. The maximum Gasteiger partial charge on any atom is 0.334 e. The lowest BCUT2D eigenvalue weighted by molar-refractivity contribution is -0.146. The van der Waals surface area contributed by atoms with Crippen LogP contribution in [0.2, 0.25) is 0 Å². The van der Waals surface area contributed by atoms with Gasteiger partial charge in [-0.15, -0.1) is 11.3 Å². The summed E-state index contributed by atoms with van der Waals surface area (Å²) in [6.45, 7) is 1.65. The van der Waals surface area contributed by atoms with Gasteiger partial charge in [0.15, 0.2) is 6.10 Å². The van der Waals surface area contributed by atoms with Gasteiger partial charge in [0, 0.05) is 0 Å². The number of aliphatic carboxylic acids is 1. The number of carboxylic acid groups (broad SMARTS) is 1. The number of amides is 1. The first-order chi connectivity index (χ1) is 7.56. The molecule has 0 aromatic carbocycles. The highest BCUT2D eigenvalue weighted by Crippen LogP contribution is 2.16. The predicted molar refractivity (Wildman–Crippen MR) is 59.7 cm³/mol. The Hall–Kier alpha value is -1.40. The summed E-state index contributed by atoms with van der Waals surface area (Å²) in [5.41, 5.74) is 0.923. The second-order valence-corrected chi connectivity index (χ2v) is 4.11. The van der Waals surface area contributed by atoms with Crippen molar-refractivity contribution in [3.8, 4) is 0 Å². The zero-order valence-electron chi connectivity index (χ0n) is 8.77. The van der Waals surface area contributed by atoms with Crippen molar-refractivity contribution < 1.29 is 19.8 Å². The van der Waals surface area contributed by atoms with Crippen LogP contribution in [-0.2, 0) is 11.2 Å². The van der Waals surface area contributed by atoms with Crippen molar-refractivity contribution in [1.82, 2.24) is 5.32 Å². The van der Waals surface area contributed by atoms with Crippen LogP contribution in [0.1, 0.15) is 22.2 Å². The van der Waals surface area contributed by atoms with Crippen LogP contribution >= 0.6 is 11.3 Å². The van der Waals surface area contributed by atoms with Gasteiger partial charge in [-0.2, -0.15) is 0 Å². The number of hydrogen-bond donors (Lipinski definition) is 3. The van der Waals surface area contributed by atoms with Crippen molar-refractivity contribution in [2.24, 2.45) is 0 Å². The van der Waals surface area contributed by atoms with Gasteiger partial charge in [0.2, 0.25) is 0 Å². The van der Waals surface area contributed by atoms with Crippen LogP contribution in [-0.4, -0.2) is 34.7 Å². The smallest absolute Gasteiger partial charge is 0.334 e. The minimum atomic E-state index is -1.56. The molecule has 0 saturated heterocycles. The maximum atomic E-state index is 11.6. The van der Waals surface area contributed by atoms with Crippen molar-refractivity contribution in [3.63, 3.8) is 0 Å². The summed E-state index contributed by atoms with van der Waals surface area (Å²) < 4.78 is 0. The number of aliphatic hydroxyl groups excluding tert-OH is 1. The summed E-state index contributed by atoms with van der Waals surface area (Å²) in [5.74, 6) is -1.69. The molecule has 0 spiro atoms. The Balaban J connectivity index is 2.56. The average molecular weight is 243 g/mol. The van der Waals surface area contributed by atoms with Crippen LogP contribution < -0.4 is 5.32 Å². The highest BCUT2D eigenvalue weighted by Gasteiger charge is 2.16. The van der Waals surface area contributed by atoms with Gasteiger partial charge in [0.25, 0.3) is 5.91 Å². The molecule has 1 aromatic rings. The molecule has 0 aliphatic heterocycles. The largest absolute Gasteiger partial charge is 0.479 e. The minimum Gasteiger partial charge on any atom is -0.479 e. The Morgan fingerprint density at radius 1 is 1.56 bits per heavy atom. The van der Waals surface area contributed by atoms with Gasteiger partial charge in [-0.05, 0) is 23.4 Å². The number of nitrogens with one attached hydrogen (secondary N) is 1. The summed E-state index contributed by atoms with van der Waals surface area (Å²) >= 11 is 1.30. The summed E-state index contributed by atoms with van der Waals surface area (Å²) in [7, 11) is 0. The molecule has 0 bridgehead atoms. The van der Waals surface area contributed by atoms with E-state index >= 15 is 0 Å². The van der Waals surface area contributed by atoms with Crippen molar-refractivity contribution in [2.75, 3.05) is 6.54 Å². The third-order valence-electron chi connectivity index (χ3n) is 2.07. The Labute approximate surface area is 96.7 Å². The third kappa shape index (κ3) is 3.04. The summed E-state index contributed by atoms with van der Waals surface area (Å²) in [6.07, 6.45) is -0.817. The molecule has 0 radical (unpaired) electrons. The lowest BCUT2D eigenvalue weighted by Crippen LogP contribution is -2.36. The lowest BCUT2D eigenvalue weighted by atomic mass is 10.2. The van der Waals surface area contributed by atoms with Crippen LogP contribution in [0.25, 0.3) is 0 Å². The van der Waals surface area contributed by atoms with Gasteiger partial charge >= 0.3 is 5.97 Å². The molecule has 5 nitrogen and oxygen atoms in total. The first kappa shape index (κ1) is 12.7. The molecule has 16 heavy (non-hydrogen) atoms. The molecule has 1 rings (SSSR count). The number of carbonyl (C=O) groups excluding carboxylic acids is 1. The predicted octanol–water partition coefficient (Wildman–Crippen LogP) is 0.486. The number of aryl methyl sites for hydroxylation is 1. The van der Waals surface area contributed by atoms with Gasteiger partial charge in [-0.3, -0.25) is 4.79 Å². The normalized spacial score (nSPS) is 12.1. The molecule has 1 heterocycles. The molecular formula is C10H13NO4S. The number of hydrogen-bond acceptors (Lipinski definition) is 4. The zero-order chi connectivity index (χ0) is 12.1. The highest BCUT2D eigenvalue weighted by atomic mass is 32.1. The number of rotatable bonds is 5. The van der Waals surface area contributed by atoms with E-state index in [0.717, 1.165) is 12.0 Å². The second kappa shape index (κ2) is 5.62. The van der Waals surface area contributed by atoms with E-state index in [2.05, 4.69) is 5.32 Å². The molecule has 0 fully saturated rings. The van der Waals surface area contributed by atoms with Crippen LogP contribution in [0.15, 0.2) is 11.4 Å².